The highest BCUT2D eigenvalue weighted by Gasteiger charge is 2.44. The van der Waals surface area contributed by atoms with E-state index in [-0.39, 0.29) is 0 Å². The fourth-order valence-electron chi connectivity index (χ4n) is 1.44. The highest BCUT2D eigenvalue weighted by atomic mass is 16.6. The third-order valence-corrected chi connectivity index (χ3v) is 2.26. The second kappa shape index (κ2) is 5.53. The largest absolute Gasteiger partial charge is 0.394 e. The van der Waals surface area contributed by atoms with Gasteiger partial charge in [-0.15, -0.1) is 0 Å². The fraction of sp³-hybridized carbons (Fsp3) is 0.875. The molecule has 16 heavy (non-hydrogen) atoms. The first-order valence-electron chi connectivity index (χ1n) is 4.67. The highest BCUT2D eigenvalue weighted by molar-refractivity contribution is 5.75. The smallest absolute Gasteiger partial charge is 0.243 e. The zero-order chi connectivity index (χ0) is 12.3. The van der Waals surface area contributed by atoms with Crippen LogP contribution in [0.1, 0.15) is 0 Å². The highest BCUT2D eigenvalue weighted by Crippen LogP contribution is 2.21. The Labute approximate surface area is 91.2 Å². The number of primary amides is 1. The summed E-state index contributed by atoms with van der Waals surface area (Å²) in [4.78, 5) is 10.5. The molecule has 1 aliphatic rings. The van der Waals surface area contributed by atoms with Crippen LogP contribution in [-0.2, 0) is 14.3 Å². The number of rotatable bonds is 4. The van der Waals surface area contributed by atoms with Crippen LogP contribution < -0.4 is 5.73 Å². The summed E-state index contributed by atoms with van der Waals surface area (Å²) in [5.41, 5.74) is 4.83. The average Bonchev–Trinajstić information content (AvgIpc) is 2.23. The molecule has 0 aromatic carbocycles. The number of hydrogen-bond acceptors (Lipinski definition) is 7. The van der Waals surface area contributed by atoms with Crippen molar-refractivity contribution in [3.8, 4) is 0 Å². The summed E-state index contributed by atoms with van der Waals surface area (Å²) in [7, 11) is 0. The van der Waals surface area contributed by atoms with Crippen LogP contribution in [0.4, 0.5) is 0 Å². The fourth-order valence-corrected chi connectivity index (χ4v) is 1.44. The lowest BCUT2D eigenvalue weighted by molar-refractivity contribution is -0.293. The summed E-state index contributed by atoms with van der Waals surface area (Å²) in [6, 6.07) is 0. The lowest BCUT2D eigenvalue weighted by atomic mass is 9.99. The number of aliphatic hydroxyl groups excluding tert-OH is 4. The predicted molar refractivity (Wildman–Crippen MR) is 48.9 cm³/mol. The average molecular weight is 237 g/mol. The van der Waals surface area contributed by atoms with Crippen molar-refractivity contribution < 1.29 is 34.7 Å². The predicted octanol–water partition coefficient (Wildman–Crippen LogP) is -3.71. The molecule has 0 aromatic heterocycles. The van der Waals surface area contributed by atoms with E-state index in [1.165, 1.54) is 0 Å². The normalized spacial score (nSPS) is 39.6. The molecular formula is C8H15NO7. The number of hydrogen-bond donors (Lipinski definition) is 5. The van der Waals surface area contributed by atoms with Gasteiger partial charge in [0.1, 0.15) is 31.0 Å². The van der Waals surface area contributed by atoms with Crippen LogP contribution >= 0.6 is 0 Å². The lowest BCUT2D eigenvalue weighted by Crippen LogP contribution is -2.59. The van der Waals surface area contributed by atoms with Crippen molar-refractivity contribution in [1.82, 2.24) is 0 Å². The molecule has 8 heteroatoms. The number of carbonyl (C=O) groups excluding carboxylic acids is 1. The third kappa shape index (κ3) is 2.88. The van der Waals surface area contributed by atoms with Gasteiger partial charge >= 0.3 is 0 Å². The summed E-state index contributed by atoms with van der Waals surface area (Å²) >= 11 is 0. The number of carbonyl (C=O) groups is 1. The van der Waals surface area contributed by atoms with Gasteiger partial charge in [-0.2, -0.15) is 0 Å². The number of amides is 1. The zero-order valence-corrected chi connectivity index (χ0v) is 8.39. The van der Waals surface area contributed by atoms with E-state index in [1.54, 1.807) is 0 Å². The van der Waals surface area contributed by atoms with E-state index in [4.69, 9.17) is 20.3 Å². The topological polar surface area (TPSA) is 142 Å². The van der Waals surface area contributed by atoms with Gasteiger partial charge in [0.25, 0.3) is 0 Å². The van der Waals surface area contributed by atoms with Crippen molar-refractivity contribution in [3.63, 3.8) is 0 Å². The molecule has 5 atom stereocenters. The molecule has 1 unspecified atom stereocenters. The summed E-state index contributed by atoms with van der Waals surface area (Å²) in [6.45, 7) is -1.06. The summed E-state index contributed by atoms with van der Waals surface area (Å²) < 4.78 is 9.55. The maximum atomic E-state index is 10.5. The van der Waals surface area contributed by atoms with Crippen LogP contribution in [0.15, 0.2) is 0 Å². The molecule has 0 aliphatic carbocycles. The zero-order valence-electron chi connectivity index (χ0n) is 8.39. The maximum Gasteiger partial charge on any atom is 0.243 e. The molecule has 0 bridgehead atoms. The number of aliphatic hydroxyl groups is 4. The molecule has 94 valence electrons. The molecule has 1 aliphatic heterocycles. The molecule has 0 saturated carbocycles. The van der Waals surface area contributed by atoms with Gasteiger partial charge in [-0.1, -0.05) is 0 Å². The Kier molecular flexibility index (Phi) is 4.59. The first-order valence-corrected chi connectivity index (χ1v) is 4.67. The molecule has 8 nitrogen and oxygen atoms in total. The van der Waals surface area contributed by atoms with Crippen molar-refractivity contribution >= 4 is 5.91 Å². The van der Waals surface area contributed by atoms with Crippen molar-refractivity contribution in [3.05, 3.63) is 0 Å². The molecule has 0 radical (unpaired) electrons. The molecule has 1 rings (SSSR count). The van der Waals surface area contributed by atoms with Gasteiger partial charge in [0.2, 0.25) is 5.91 Å². The van der Waals surface area contributed by atoms with E-state index in [0.29, 0.717) is 0 Å². The second-order valence-electron chi connectivity index (χ2n) is 3.47. The van der Waals surface area contributed by atoms with Gasteiger partial charge < -0.3 is 35.6 Å². The Morgan fingerprint density at radius 1 is 1.31 bits per heavy atom. The monoisotopic (exact) mass is 237 g/mol. The van der Waals surface area contributed by atoms with Gasteiger partial charge in [0.15, 0.2) is 6.29 Å². The standard InChI is InChI=1S/C8H15NO7/c9-4(11)2-15-7-5(12)3(1-10)16-8(14)6(7)13/h3,5-8,10,12-14H,1-2H2,(H2,9,11)/t3-,5-,6-,7+,8?/m1/s1. The molecule has 6 N–H and O–H groups in total. The summed E-state index contributed by atoms with van der Waals surface area (Å²) in [5.74, 6) is -0.777. The van der Waals surface area contributed by atoms with Crippen LogP contribution in [0.25, 0.3) is 0 Å². The Morgan fingerprint density at radius 3 is 2.44 bits per heavy atom. The van der Waals surface area contributed by atoms with Crippen LogP contribution in [0.2, 0.25) is 0 Å². The van der Waals surface area contributed by atoms with E-state index in [9.17, 15) is 20.1 Å². The molecule has 1 fully saturated rings. The molecule has 0 aromatic rings. The number of nitrogens with two attached hydrogens (primary N) is 1. The number of ether oxygens (including phenoxy) is 2. The van der Waals surface area contributed by atoms with Crippen molar-refractivity contribution in [2.24, 2.45) is 5.73 Å². The minimum Gasteiger partial charge on any atom is -0.394 e. The van der Waals surface area contributed by atoms with Gasteiger partial charge in [0.05, 0.1) is 6.61 Å². The Balaban J connectivity index is 2.65. The SMILES string of the molecule is NC(=O)CO[C@H]1[C@H](O)[C@@H](CO)OC(O)[C@@H]1O. The van der Waals surface area contributed by atoms with Crippen LogP contribution in [0.3, 0.4) is 0 Å². The first kappa shape index (κ1) is 13.3. The van der Waals surface area contributed by atoms with Crippen molar-refractivity contribution in [1.29, 1.82) is 0 Å². The molecule has 1 amide bonds. The summed E-state index contributed by atoms with van der Waals surface area (Å²) in [5, 5.41) is 37.1. The quantitative estimate of drug-likeness (QED) is 0.338. The first-order chi connectivity index (χ1) is 7.47. The lowest BCUT2D eigenvalue weighted by Gasteiger charge is -2.39. The minimum atomic E-state index is -1.60. The minimum absolute atomic E-state index is 0.510. The molecule has 1 heterocycles. The van der Waals surface area contributed by atoms with Gasteiger partial charge in [-0.25, -0.2) is 0 Å². The molecular weight excluding hydrogens is 222 g/mol. The van der Waals surface area contributed by atoms with Crippen LogP contribution in [-0.4, -0.2) is 70.3 Å². The summed E-state index contributed by atoms with van der Waals surface area (Å²) in [6.07, 6.45) is -6.80. The van der Waals surface area contributed by atoms with Crippen molar-refractivity contribution in [2.75, 3.05) is 13.2 Å². The van der Waals surface area contributed by atoms with E-state index < -0.39 is 49.8 Å². The van der Waals surface area contributed by atoms with Crippen LogP contribution in [0.5, 0.6) is 0 Å². The third-order valence-electron chi connectivity index (χ3n) is 2.26. The molecule has 0 spiro atoms. The Bertz CT molecular complexity index is 249. The molecule has 1 saturated heterocycles. The van der Waals surface area contributed by atoms with Gasteiger partial charge in [-0.3, -0.25) is 4.79 Å². The van der Waals surface area contributed by atoms with E-state index >= 15 is 0 Å². The van der Waals surface area contributed by atoms with E-state index in [1.807, 2.05) is 0 Å². The Morgan fingerprint density at radius 2 is 1.94 bits per heavy atom. The van der Waals surface area contributed by atoms with E-state index in [0.717, 1.165) is 0 Å². The van der Waals surface area contributed by atoms with Gasteiger partial charge in [-0.05, 0) is 0 Å². The second-order valence-corrected chi connectivity index (χ2v) is 3.47. The van der Waals surface area contributed by atoms with E-state index in [2.05, 4.69) is 0 Å². The van der Waals surface area contributed by atoms with Crippen LogP contribution in [0, 0.1) is 0 Å². The van der Waals surface area contributed by atoms with Gasteiger partial charge in [0, 0.05) is 0 Å². The Hall–Kier alpha value is -0.770. The van der Waals surface area contributed by atoms with Crippen molar-refractivity contribution in [2.45, 2.75) is 30.7 Å². The maximum absolute atomic E-state index is 10.5.